The Hall–Kier alpha value is -3.13. The van der Waals surface area contributed by atoms with E-state index in [2.05, 4.69) is 10.2 Å². The Bertz CT molecular complexity index is 1250. The van der Waals surface area contributed by atoms with E-state index in [-0.39, 0.29) is 16.7 Å². The Labute approximate surface area is 172 Å². The first kappa shape index (κ1) is 19.2. The van der Waals surface area contributed by atoms with Crippen LogP contribution in [0.5, 0.6) is 0 Å². The summed E-state index contributed by atoms with van der Waals surface area (Å²) in [7, 11) is 3.48. The number of benzene rings is 2. The summed E-state index contributed by atoms with van der Waals surface area (Å²) in [6.07, 6.45) is 0. The fourth-order valence-corrected chi connectivity index (χ4v) is 4.31. The lowest BCUT2D eigenvalue weighted by Crippen LogP contribution is -2.32. The van der Waals surface area contributed by atoms with E-state index in [9.17, 15) is 9.59 Å². The number of hydrogen-bond donors (Lipinski definition) is 0. The van der Waals surface area contributed by atoms with Gasteiger partial charge >= 0.3 is 0 Å². The van der Waals surface area contributed by atoms with Crippen molar-refractivity contribution in [3.63, 3.8) is 0 Å². The molecule has 1 atom stereocenters. The molecule has 0 fully saturated rings. The third kappa shape index (κ3) is 3.51. The van der Waals surface area contributed by atoms with Crippen molar-refractivity contribution in [2.45, 2.75) is 23.9 Å². The zero-order valence-corrected chi connectivity index (χ0v) is 17.3. The van der Waals surface area contributed by atoms with Crippen molar-refractivity contribution >= 4 is 34.3 Å². The van der Waals surface area contributed by atoms with Crippen LogP contribution in [0.4, 0.5) is 0 Å². The van der Waals surface area contributed by atoms with Crippen molar-refractivity contribution in [2.24, 2.45) is 7.05 Å². The van der Waals surface area contributed by atoms with E-state index >= 15 is 0 Å². The number of para-hydroxylation sites is 1. The maximum atomic E-state index is 12.9. The van der Waals surface area contributed by atoms with E-state index in [4.69, 9.17) is 0 Å². The highest BCUT2D eigenvalue weighted by Gasteiger charge is 2.23. The Balaban J connectivity index is 1.64. The van der Waals surface area contributed by atoms with Gasteiger partial charge in [0.15, 0.2) is 5.16 Å². The van der Waals surface area contributed by atoms with E-state index in [0.717, 1.165) is 11.1 Å². The minimum atomic E-state index is -0.355. The van der Waals surface area contributed by atoms with E-state index in [1.54, 1.807) is 25.1 Å². The number of amides is 1. The number of carbonyl (C=O) groups excluding carboxylic acids is 1. The summed E-state index contributed by atoms with van der Waals surface area (Å²) in [4.78, 5) is 27.2. The number of aryl methyl sites for hydroxylation is 1. The molecule has 0 aliphatic heterocycles. The number of thioether (sulfide) groups is 1. The predicted molar refractivity (Wildman–Crippen MR) is 114 cm³/mol. The fourth-order valence-electron chi connectivity index (χ4n) is 3.34. The van der Waals surface area contributed by atoms with Crippen molar-refractivity contribution in [3.8, 4) is 0 Å². The molecule has 148 valence electrons. The van der Waals surface area contributed by atoms with Crippen molar-refractivity contribution in [1.29, 1.82) is 0 Å². The molecule has 1 amide bonds. The van der Waals surface area contributed by atoms with Gasteiger partial charge < -0.3 is 4.90 Å². The van der Waals surface area contributed by atoms with Gasteiger partial charge in [0.05, 0.1) is 16.2 Å². The van der Waals surface area contributed by atoms with Crippen molar-refractivity contribution in [2.75, 3.05) is 7.05 Å². The van der Waals surface area contributed by atoms with Crippen LogP contribution in [0.25, 0.3) is 16.7 Å². The smallest absolute Gasteiger partial charge is 0.262 e. The molecule has 1 unspecified atom stereocenters. The maximum Gasteiger partial charge on any atom is 0.262 e. The van der Waals surface area contributed by atoms with Crippen molar-refractivity contribution < 1.29 is 4.79 Å². The standard InChI is InChI=1S/C21H21N5O2S/c1-14(18(27)24(2)13-15-9-5-4-6-10-15)29-21-23-22-20-25(3)19(28)16-11-7-8-12-17(16)26(20)21/h4-12,14H,13H2,1-3H3. The Morgan fingerprint density at radius 1 is 1.10 bits per heavy atom. The van der Waals surface area contributed by atoms with Gasteiger partial charge in [-0.3, -0.25) is 18.6 Å². The summed E-state index contributed by atoms with van der Waals surface area (Å²) in [5.74, 6) is 0.457. The third-order valence-electron chi connectivity index (χ3n) is 4.87. The largest absolute Gasteiger partial charge is 0.340 e. The summed E-state index contributed by atoms with van der Waals surface area (Å²) in [6.45, 7) is 2.41. The molecule has 0 N–H and O–H groups in total. The molecule has 0 bridgehead atoms. The molecule has 2 aromatic carbocycles. The first-order valence-electron chi connectivity index (χ1n) is 9.26. The molecule has 0 radical (unpaired) electrons. The number of carbonyl (C=O) groups is 1. The van der Waals surface area contributed by atoms with Gasteiger partial charge in [0, 0.05) is 20.6 Å². The van der Waals surface area contributed by atoms with Crippen molar-refractivity contribution in [3.05, 3.63) is 70.5 Å². The van der Waals surface area contributed by atoms with Gasteiger partial charge in [-0.05, 0) is 24.6 Å². The molecule has 0 spiro atoms. The number of fused-ring (bicyclic) bond motifs is 3. The van der Waals surface area contributed by atoms with Gasteiger partial charge in [-0.1, -0.05) is 54.2 Å². The van der Waals surface area contributed by atoms with Crippen molar-refractivity contribution in [1.82, 2.24) is 24.1 Å². The van der Waals surface area contributed by atoms with Crippen LogP contribution in [0.1, 0.15) is 12.5 Å². The van der Waals surface area contributed by atoms with Gasteiger partial charge in [-0.15, -0.1) is 10.2 Å². The molecular formula is C21H21N5O2S. The van der Waals surface area contributed by atoms with Gasteiger partial charge in [-0.2, -0.15) is 0 Å². The van der Waals surface area contributed by atoms with Gasteiger partial charge in [0.2, 0.25) is 11.7 Å². The SMILES string of the molecule is CC(Sc1nnc2n(C)c(=O)c3ccccc3n12)C(=O)N(C)Cc1ccccc1. The predicted octanol–water partition coefficient (Wildman–Crippen LogP) is 2.72. The molecule has 0 aliphatic rings. The lowest BCUT2D eigenvalue weighted by atomic mass is 10.2. The minimum Gasteiger partial charge on any atom is -0.340 e. The second kappa shape index (κ2) is 7.71. The lowest BCUT2D eigenvalue weighted by molar-refractivity contribution is -0.129. The average molecular weight is 407 g/mol. The second-order valence-electron chi connectivity index (χ2n) is 6.94. The topological polar surface area (TPSA) is 72.5 Å². The molecule has 8 heteroatoms. The Kier molecular flexibility index (Phi) is 5.10. The second-order valence-corrected chi connectivity index (χ2v) is 8.25. The molecule has 4 rings (SSSR count). The number of nitrogens with zero attached hydrogens (tertiary/aromatic N) is 5. The van der Waals surface area contributed by atoms with E-state index in [1.165, 1.54) is 16.3 Å². The fraction of sp³-hybridized carbons (Fsp3) is 0.238. The van der Waals surface area contributed by atoms with Crippen LogP contribution in [0.3, 0.4) is 0 Å². The van der Waals surface area contributed by atoms with E-state index in [1.807, 2.05) is 59.9 Å². The third-order valence-corrected chi connectivity index (χ3v) is 5.90. The quantitative estimate of drug-likeness (QED) is 0.476. The molecule has 7 nitrogen and oxygen atoms in total. The number of aromatic nitrogens is 4. The summed E-state index contributed by atoms with van der Waals surface area (Å²) >= 11 is 1.34. The zero-order valence-electron chi connectivity index (χ0n) is 16.4. The zero-order chi connectivity index (χ0) is 20.5. The lowest BCUT2D eigenvalue weighted by Gasteiger charge is -2.21. The van der Waals surface area contributed by atoms with Crippen LogP contribution in [0.15, 0.2) is 64.5 Å². The van der Waals surface area contributed by atoms with E-state index in [0.29, 0.717) is 22.9 Å². The molecule has 0 saturated carbocycles. The molecule has 2 heterocycles. The highest BCUT2D eigenvalue weighted by atomic mass is 32.2. The van der Waals surface area contributed by atoms with Gasteiger partial charge in [0.25, 0.3) is 5.56 Å². The summed E-state index contributed by atoms with van der Waals surface area (Å²) < 4.78 is 3.32. The summed E-state index contributed by atoms with van der Waals surface area (Å²) in [5, 5.41) is 9.26. The molecule has 2 aromatic heterocycles. The minimum absolute atomic E-state index is 0.00438. The maximum absolute atomic E-state index is 12.9. The molecule has 29 heavy (non-hydrogen) atoms. The van der Waals surface area contributed by atoms with Gasteiger partial charge in [-0.25, -0.2) is 0 Å². The first-order valence-corrected chi connectivity index (χ1v) is 10.1. The summed E-state index contributed by atoms with van der Waals surface area (Å²) in [5.41, 5.74) is 1.69. The highest BCUT2D eigenvalue weighted by molar-refractivity contribution is 8.00. The molecule has 4 aromatic rings. The van der Waals surface area contributed by atoms with Gasteiger partial charge in [0.1, 0.15) is 0 Å². The first-order chi connectivity index (χ1) is 14.0. The Morgan fingerprint density at radius 2 is 1.79 bits per heavy atom. The average Bonchev–Trinajstić information content (AvgIpc) is 3.16. The number of rotatable bonds is 5. The van der Waals surface area contributed by atoms with Crippen LogP contribution in [-0.4, -0.2) is 42.3 Å². The molecule has 0 saturated heterocycles. The molecule has 0 aliphatic carbocycles. The monoisotopic (exact) mass is 407 g/mol. The van der Waals surface area contributed by atoms with Crippen LogP contribution in [0.2, 0.25) is 0 Å². The normalized spacial score (nSPS) is 12.4. The van der Waals surface area contributed by atoms with Crippen LogP contribution < -0.4 is 5.56 Å². The highest BCUT2D eigenvalue weighted by Crippen LogP contribution is 2.26. The summed E-state index contributed by atoms with van der Waals surface area (Å²) in [6, 6.07) is 17.2. The number of hydrogen-bond acceptors (Lipinski definition) is 5. The van der Waals surface area contributed by atoms with Crippen LogP contribution >= 0.6 is 11.8 Å². The Morgan fingerprint density at radius 3 is 2.55 bits per heavy atom. The van der Waals surface area contributed by atoms with Crippen LogP contribution in [-0.2, 0) is 18.4 Å². The molecular weight excluding hydrogens is 386 g/mol. The van der Waals surface area contributed by atoms with E-state index < -0.39 is 0 Å². The van der Waals surface area contributed by atoms with Crippen LogP contribution in [0, 0.1) is 0 Å².